The molecule has 326 valence electrons. The second-order valence-electron chi connectivity index (χ2n) is 16.0. The van der Waals surface area contributed by atoms with E-state index in [1.54, 1.807) is 18.2 Å². The summed E-state index contributed by atoms with van der Waals surface area (Å²) in [6.07, 6.45) is -2.74. The molecule has 0 spiro atoms. The van der Waals surface area contributed by atoms with Crippen molar-refractivity contribution in [1.82, 2.24) is 34.4 Å². The SMILES string of the molecule is Cc1cccc(C)c1-c1ccc2c(=O)n(-c3ccc(Cl)c4c(NS(C)(=O)=O)nn(C)c34)c([C@H](Cc3cc(F)cc(F)c3)NC(=O)Cn3nc(C(F)F)c4c3C(F)(F)C3CC43)nc2c1. The van der Waals surface area contributed by atoms with Crippen molar-refractivity contribution in [2.75, 3.05) is 11.0 Å². The number of anilines is 1. The van der Waals surface area contributed by atoms with Crippen molar-refractivity contribution in [3.8, 4) is 16.8 Å². The number of aryl methyl sites for hydroxylation is 3. The summed E-state index contributed by atoms with van der Waals surface area (Å²) in [5.74, 6) is -8.94. The van der Waals surface area contributed by atoms with Crippen LogP contribution in [0.1, 0.15) is 64.3 Å². The normalized spacial score (nSPS) is 17.0. The van der Waals surface area contributed by atoms with Crippen LogP contribution in [0, 0.1) is 31.4 Å². The topological polar surface area (TPSA) is 146 Å². The number of sulfonamides is 1. The van der Waals surface area contributed by atoms with E-state index in [9.17, 15) is 30.8 Å². The van der Waals surface area contributed by atoms with Gasteiger partial charge in [-0.1, -0.05) is 35.9 Å². The van der Waals surface area contributed by atoms with Gasteiger partial charge in [0.15, 0.2) is 5.82 Å². The zero-order valence-corrected chi connectivity index (χ0v) is 35.2. The van der Waals surface area contributed by atoms with Gasteiger partial charge in [0.1, 0.15) is 35.4 Å². The van der Waals surface area contributed by atoms with Gasteiger partial charge in [0, 0.05) is 31.0 Å². The monoisotopic (exact) mass is 908 g/mol. The molecule has 1 saturated carbocycles. The lowest BCUT2D eigenvalue weighted by Crippen LogP contribution is -2.38. The summed E-state index contributed by atoms with van der Waals surface area (Å²) in [5.41, 5.74) is 1.04. The Bertz CT molecular complexity index is 3220. The van der Waals surface area contributed by atoms with E-state index in [1.165, 1.54) is 23.9 Å². The van der Waals surface area contributed by atoms with Crippen LogP contribution in [0.15, 0.2) is 71.5 Å². The van der Waals surface area contributed by atoms with Gasteiger partial charge in [-0.15, -0.1) is 0 Å². The van der Waals surface area contributed by atoms with E-state index < -0.39 is 87.7 Å². The number of benzene rings is 4. The maximum Gasteiger partial charge on any atom is 0.293 e. The molecule has 1 amide bonds. The molecule has 9 rings (SSSR count). The van der Waals surface area contributed by atoms with Crippen molar-refractivity contribution in [2.24, 2.45) is 13.0 Å². The number of nitrogens with one attached hydrogen (secondary N) is 2. The minimum atomic E-state index is -3.91. The molecule has 1 fully saturated rings. The molecule has 2 aliphatic rings. The third-order valence-electron chi connectivity index (χ3n) is 11.6. The molecule has 3 aromatic heterocycles. The summed E-state index contributed by atoms with van der Waals surface area (Å²) in [5, 5.41) is 11.0. The summed E-state index contributed by atoms with van der Waals surface area (Å²) in [7, 11) is -2.44. The van der Waals surface area contributed by atoms with E-state index in [0.717, 1.165) is 39.6 Å². The molecule has 0 aliphatic heterocycles. The van der Waals surface area contributed by atoms with Gasteiger partial charge in [0.25, 0.3) is 17.9 Å². The molecule has 0 radical (unpaired) electrons. The molecule has 20 heteroatoms. The van der Waals surface area contributed by atoms with Crippen LogP contribution in [0.25, 0.3) is 38.6 Å². The Morgan fingerprint density at radius 3 is 2.37 bits per heavy atom. The highest BCUT2D eigenvalue weighted by atomic mass is 35.5. The Labute approximate surface area is 359 Å². The van der Waals surface area contributed by atoms with Gasteiger partial charge in [0.2, 0.25) is 15.9 Å². The van der Waals surface area contributed by atoms with Crippen LogP contribution in [0.5, 0.6) is 0 Å². The molecule has 4 aromatic carbocycles. The predicted octanol–water partition coefficient (Wildman–Crippen LogP) is 8.30. The standard InChI is InChI=1S/C43H35ClF6N8O4S/c1-19-6-5-7-20(2)33(19)22-8-9-25-29(15-22)52-41(58(42(25)60)31-11-10-28(44)35-37(31)56(3)54-40(35)55-63(4,61)62)30(14-21-12-23(45)16-24(46)13-21)51-32(59)18-57-38-34(36(53-57)39(47)48)26-17-27(26)43(38,49)50/h5-13,15-16,26-27,30,39H,14,17-18H2,1-4H3,(H,51,59)(H,54,55)/t26?,27?,30-/m0/s1. The fraction of sp³-hybridized carbons (Fsp3) is 0.279. The lowest BCUT2D eigenvalue weighted by atomic mass is 9.95. The minimum absolute atomic E-state index is 0.000601. The lowest BCUT2D eigenvalue weighted by molar-refractivity contribution is -0.123. The van der Waals surface area contributed by atoms with Gasteiger partial charge in [-0.3, -0.25) is 28.2 Å². The van der Waals surface area contributed by atoms with Gasteiger partial charge in [-0.2, -0.15) is 19.0 Å². The molecule has 0 bridgehead atoms. The van der Waals surface area contributed by atoms with Crippen molar-refractivity contribution < 1.29 is 39.6 Å². The number of carbonyl (C=O) groups is 1. The van der Waals surface area contributed by atoms with Gasteiger partial charge < -0.3 is 5.32 Å². The molecule has 3 heterocycles. The van der Waals surface area contributed by atoms with E-state index in [4.69, 9.17) is 16.6 Å². The van der Waals surface area contributed by atoms with Crippen LogP contribution >= 0.6 is 11.6 Å². The molecule has 12 nitrogen and oxygen atoms in total. The molecular formula is C43H35ClF6N8O4S. The van der Waals surface area contributed by atoms with Crippen LogP contribution in [0.4, 0.5) is 32.2 Å². The van der Waals surface area contributed by atoms with E-state index in [-0.39, 0.29) is 61.7 Å². The highest BCUT2D eigenvalue weighted by Gasteiger charge is 2.67. The molecule has 3 atom stereocenters. The number of halogens is 7. The van der Waals surface area contributed by atoms with E-state index >= 15 is 13.6 Å². The van der Waals surface area contributed by atoms with Gasteiger partial charge in [0.05, 0.1) is 44.8 Å². The molecule has 2 N–H and O–H groups in total. The first-order chi connectivity index (χ1) is 29.7. The Kier molecular flexibility index (Phi) is 10.0. The first-order valence-corrected chi connectivity index (χ1v) is 21.8. The fourth-order valence-electron chi connectivity index (χ4n) is 9.01. The van der Waals surface area contributed by atoms with Crippen LogP contribution in [0.3, 0.4) is 0 Å². The van der Waals surface area contributed by atoms with Crippen LogP contribution in [0.2, 0.25) is 5.02 Å². The summed E-state index contributed by atoms with van der Waals surface area (Å²) in [6.45, 7) is 2.86. The number of nitrogens with zero attached hydrogens (tertiary/aromatic N) is 6. The summed E-state index contributed by atoms with van der Waals surface area (Å²) < 4.78 is 119. The quantitative estimate of drug-likeness (QED) is 0.124. The molecule has 2 aliphatic carbocycles. The summed E-state index contributed by atoms with van der Waals surface area (Å²) in [4.78, 5) is 34.2. The average molecular weight is 909 g/mol. The second kappa shape index (κ2) is 15.0. The van der Waals surface area contributed by atoms with Crippen molar-refractivity contribution in [1.29, 1.82) is 0 Å². The first-order valence-electron chi connectivity index (χ1n) is 19.5. The number of fused-ring (bicyclic) bond motifs is 5. The maximum atomic E-state index is 15.6. The van der Waals surface area contributed by atoms with Crippen LogP contribution in [-0.4, -0.2) is 49.7 Å². The highest BCUT2D eigenvalue weighted by Crippen LogP contribution is 2.68. The number of amides is 1. The average Bonchev–Trinajstić information content (AvgIpc) is 3.73. The van der Waals surface area contributed by atoms with E-state index in [0.29, 0.717) is 16.3 Å². The number of carbonyl (C=O) groups excluding carboxylic acids is 1. The molecule has 2 unspecified atom stereocenters. The number of alkyl halides is 4. The smallest absolute Gasteiger partial charge is 0.293 e. The number of aromatic nitrogens is 6. The van der Waals surface area contributed by atoms with Gasteiger partial charge in [-0.05, 0) is 90.4 Å². The van der Waals surface area contributed by atoms with E-state index in [2.05, 4.69) is 20.2 Å². The molecule has 7 aromatic rings. The van der Waals surface area contributed by atoms with Crippen molar-refractivity contribution in [3.05, 3.63) is 133 Å². The predicted molar refractivity (Wildman–Crippen MR) is 223 cm³/mol. The molecule has 63 heavy (non-hydrogen) atoms. The number of rotatable bonds is 11. The Morgan fingerprint density at radius 2 is 1.70 bits per heavy atom. The third-order valence-corrected chi connectivity index (χ3v) is 12.5. The Balaban J connectivity index is 1.27. The lowest BCUT2D eigenvalue weighted by Gasteiger charge is -2.24. The fourth-order valence-corrected chi connectivity index (χ4v) is 9.74. The summed E-state index contributed by atoms with van der Waals surface area (Å²) in [6, 6.07) is 14.7. The minimum Gasteiger partial charge on any atom is -0.344 e. The third kappa shape index (κ3) is 7.29. The molecule has 0 saturated heterocycles. The first kappa shape index (κ1) is 42.1. The highest BCUT2D eigenvalue weighted by molar-refractivity contribution is 7.92. The van der Waals surface area contributed by atoms with Crippen LogP contribution in [-0.2, 0) is 40.8 Å². The molecular weight excluding hydrogens is 874 g/mol. The zero-order chi connectivity index (χ0) is 45.0. The number of hydrogen-bond donors (Lipinski definition) is 2. The van der Waals surface area contributed by atoms with Crippen molar-refractivity contribution >= 4 is 55.2 Å². The second-order valence-corrected chi connectivity index (χ2v) is 18.2. The maximum absolute atomic E-state index is 15.6. The largest absolute Gasteiger partial charge is 0.344 e. The van der Waals surface area contributed by atoms with E-state index in [1.807, 2.05) is 32.0 Å². The zero-order valence-electron chi connectivity index (χ0n) is 33.7. The Morgan fingerprint density at radius 1 is 1.00 bits per heavy atom. The van der Waals surface area contributed by atoms with Crippen molar-refractivity contribution in [2.45, 2.75) is 57.5 Å². The number of hydrogen-bond acceptors (Lipinski definition) is 7. The van der Waals surface area contributed by atoms with Gasteiger partial charge >= 0.3 is 0 Å². The van der Waals surface area contributed by atoms with Crippen molar-refractivity contribution in [3.63, 3.8) is 0 Å². The summed E-state index contributed by atoms with van der Waals surface area (Å²) >= 11 is 6.65. The van der Waals surface area contributed by atoms with Crippen LogP contribution < -0.4 is 15.6 Å². The van der Waals surface area contributed by atoms with Gasteiger partial charge in [-0.25, -0.2) is 31.0 Å². The Hall–Kier alpha value is -6.21.